The van der Waals surface area contributed by atoms with Crippen LogP contribution in [0.25, 0.3) is 21.5 Å². The first-order chi connectivity index (χ1) is 18.7. The molecule has 4 aromatic carbocycles. The van der Waals surface area contributed by atoms with Crippen LogP contribution in [0.1, 0.15) is 39.5 Å². The summed E-state index contributed by atoms with van der Waals surface area (Å²) in [6.45, 7) is 6.26. The molecule has 0 amide bonds. The Morgan fingerprint density at radius 2 is 1.11 bits per heavy atom. The second kappa shape index (κ2) is 10.9. The second-order valence-corrected chi connectivity index (χ2v) is 12.0. The Bertz CT molecular complexity index is 1470. The zero-order chi connectivity index (χ0) is 26.1. The third-order valence-electron chi connectivity index (χ3n) is 7.23. The SMILES string of the molecule is CCCCN1/C(=C/C(=O)/C=C2\Sc3ccc4ccccc4c3N2CCCC)Sc2ccc3ccccc3c21. The van der Waals surface area contributed by atoms with Crippen LogP contribution in [0.3, 0.4) is 0 Å². The first-order valence-corrected chi connectivity index (χ1v) is 15.2. The lowest BCUT2D eigenvalue weighted by Gasteiger charge is -2.22. The number of hydrogen-bond donors (Lipinski definition) is 0. The van der Waals surface area contributed by atoms with Crippen molar-refractivity contribution in [3.05, 3.63) is 95.0 Å². The molecule has 0 unspecified atom stereocenters. The van der Waals surface area contributed by atoms with E-state index in [1.54, 1.807) is 23.5 Å². The van der Waals surface area contributed by atoms with E-state index in [0.29, 0.717) is 0 Å². The summed E-state index contributed by atoms with van der Waals surface area (Å²) in [5.74, 6) is 0.0484. The molecule has 0 N–H and O–H groups in total. The number of anilines is 2. The van der Waals surface area contributed by atoms with Crippen molar-refractivity contribution in [2.45, 2.75) is 49.3 Å². The topological polar surface area (TPSA) is 23.6 Å². The van der Waals surface area contributed by atoms with Gasteiger partial charge in [-0.15, -0.1) is 0 Å². The molecule has 5 heteroatoms. The predicted octanol–water partition coefficient (Wildman–Crippen LogP) is 9.37. The molecular weight excluding hydrogens is 505 g/mol. The van der Waals surface area contributed by atoms with E-state index in [2.05, 4.69) is 96.4 Å². The van der Waals surface area contributed by atoms with Crippen molar-refractivity contribution in [2.75, 3.05) is 22.9 Å². The minimum absolute atomic E-state index is 0.0484. The van der Waals surface area contributed by atoms with Gasteiger partial charge in [0, 0.05) is 45.8 Å². The highest BCUT2D eigenvalue weighted by Gasteiger charge is 2.29. The Morgan fingerprint density at radius 1 is 0.658 bits per heavy atom. The summed E-state index contributed by atoms with van der Waals surface area (Å²) < 4.78 is 0. The van der Waals surface area contributed by atoms with E-state index in [0.717, 1.165) is 48.8 Å². The molecule has 2 aliphatic heterocycles. The molecule has 2 aliphatic rings. The average Bonchev–Trinajstić information content (AvgIpc) is 3.47. The number of hydrogen-bond acceptors (Lipinski definition) is 5. The van der Waals surface area contributed by atoms with Crippen molar-refractivity contribution in [1.82, 2.24) is 0 Å². The number of rotatable bonds is 8. The standard InChI is InChI=1S/C33H32N2OS2/c1-3-5-19-34-30(37-28-17-15-23-11-7-9-13-26(23)32(28)34)21-25(36)22-31-35(20-6-4-2)33-27-14-10-8-12-24(27)16-18-29(33)38-31/h7-18,21-22H,3-6,19-20H2,1-2H3/b30-21-,31-22-. The van der Waals surface area contributed by atoms with Gasteiger partial charge in [-0.2, -0.15) is 0 Å². The fourth-order valence-electron chi connectivity index (χ4n) is 5.32. The van der Waals surface area contributed by atoms with Crippen LogP contribution in [0.2, 0.25) is 0 Å². The first kappa shape index (κ1) is 25.1. The zero-order valence-corrected chi connectivity index (χ0v) is 23.6. The number of ketones is 1. The quantitative estimate of drug-likeness (QED) is 0.209. The van der Waals surface area contributed by atoms with Crippen molar-refractivity contribution in [1.29, 1.82) is 0 Å². The van der Waals surface area contributed by atoms with Gasteiger partial charge in [0.1, 0.15) is 0 Å². The molecule has 38 heavy (non-hydrogen) atoms. The third-order valence-corrected chi connectivity index (χ3v) is 9.42. The van der Waals surface area contributed by atoms with Gasteiger partial charge in [-0.3, -0.25) is 4.79 Å². The molecule has 0 aliphatic carbocycles. The summed E-state index contributed by atoms with van der Waals surface area (Å²) in [4.78, 5) is 20.8. The number of nitrogens with zero attached hydrogens (tertiary/aromatic N) is 2. The number of allylic oxidation sites excluding steroid dienone is 2. The van der Waals surface area contributed by atoms with E-state index in [9.17, 15) is 4.79 Å². The maximum atomic E-state index is 13.6. The van der Waals surface area contributed by atoms with Crippen LogP contribution < -0.4 is 9.80 Å². The number of fused-ring (bicyclic) bond motifs is 6. The van der Waals surface area contributed by atoms with Crippen LogP contribution in [0.15, 0.2) is 105 Å². The Labute approximate surface area is 233 Å². The molecule has 3 nitrogen and oxygen atoms in total. The largest absolute Gasteiger partial charge is 0.334 e. The lowest BCUT2D eigenvalue weighted by molar-refractivity contribution is -0.110. The predicted molar refractivity (Wildman–Crippen MR) is 165 cm³/mol. The van der Waals surface area contributed by atoms with E-state index in [1.165, 1.54) is 42.7 Å². The number of carbonyl (C=O) groups is 1. The summed E-state index contributed by atoms with van der Waals surface area (Å²) in [5, 5.41) is 7.03. The van der Waals surface area contributed by atoms with Crippen LogP contribution in [0, 0.1) is 0 Å². The molecule has 0 radical (unpaired) electrons. The van der Waals surface area contributed by atoms with Crippen LogP contribution in [-0.2, 0) is 4.79 Å². The highest BCUT2D eigenvalue weighted by Crippen LogP contribution is 2.51. The second-order valence-electron chi connectivity index (χ2n) is 9.85. The number of carbonyl (C=O) groups excluding carboxylic acids is 1. The molecule has 0 spiro atoms. The smallest absolute Gasteiger partial charge is 0.183 e. The monoisotopic (exact) mass is 536 g/mol. The van der Waals surface area contributed by atoms with Crippen molar-refractivity contribution in [3.8, 4) is 0 Å². The van der Waals surface area contributed by atoms with Gasteiger partial charge in [0.15, 0.2) is 5.78 Å². The summed E-state index contributed by atoms with van der Waals surface area (Å²) >= 11 is 3.43. The lowest BCUT2D eigenvalue weighted by atomic mass is 10.1. The molecule has 0 aromatic heterocycles. The van der Waals surface area contributed by atoms with Gasteiger partial charge < -0.3 is 9.80 Å². The number of thioether (sulfide) groups is 2. The molecule has 2 heterocycles. The zero-order valence-electron chi connectivity index (χ0n) is 21.9. The van der Waals surface area contributed by atoms with E-state index in [1.807, 2.05) is 12.2 Å². The van der Waals surface area contributed by atoms with Gasteiger partial charge in [-0.1, -0.05) is 111 Å². The van der Waals surface area contributed by atoms with E-state index in [-0.39, 0.29) is 5.78 Å². The van der Waals surface area contributed by atoms with E-state index in [4.69, 9.17) is 0 Å². The average molecular weight is 537 g/mol. The van der Waals surface area contributed by atoms with Gasteiger partial charge in [-0.25, -0.2) is 0 Å². The molecule has 0 saturated carbocycles. The highest BCUT2D eigenvalue weighted by molar-refractivity contribution is 8.04. The van der Waals surface area contributed by atoms with E-state index >= 15 is 0 Å². The molecule has 0 fully saturated rings. The number of unbranched alkanes of at least 4 members (excludes halogenated alkanes) is 2. The molecule has 6 rings (SSSR count). The van der Waals surface area contributed by atoms with Crippen LogP contribution in [0.5, 0.6) is 0 Å². The molecule has 192 valence electrons. The van der Waals surface area contributed by atoms with Crippen molar-refractivity contribution < 1.29 is 4.79 Å². The summed E-state index contributed by atoms with van der Waals surface area (Å²) in [5.41, 5.74) is 2.49. The Hall–Kier alpha value is -3.15. The minimum atomic E-state index is 0.0484. The van der Waals surface area contributed by atoms with Gasteiger partial charge in [-0.05, 0) is 35.7 Å². The first-order valence-electron chi connectivity index (χ1n) is 13.6. The summed E-state index contributed by atoms with van der Waals surface area (Å²) in [6.07, 6.45) is 8.09. The molecule has 4 aromatic rings. The Balaban J connectivity index is 1.35. The normalized spacial score (nSPS) is 16.7. The maximum Gasteiger partial charge on any atom is 0.183 e. The van der Waals surface area contributed by atoms with Crippen LogP contribution in [-0.4, -0.2) is 18.9 Å². The van der Waals surface area contributed by atoms with Crippen molar-refractivity contribution in [3.63, 3.8) is 0 Å². The highest BCUT2D eigenvalue weighted by atomic mass is 32.2. The van der Waals surface area contributed by atoms with Gasteiger partial charge in [0.25, 0.3) is 0 Å². The molecule has 0 saturated heterocycles. The van der Waals surface area contributed by atoms with Crippen molar-refractivity contribution >= 4 is 62.2 Å². The van der Waals surface area contributed by atoms with Crippen LogP contribution >= 0.6 is 23.5 Å². The Kier molecular flexibility index (Phi) is 7.22. The van der Waals surface area contributed by atoms with Crippen molar-refractivity contribution in [2.24, 2.45) is 0 Å². The molecular formula is C33H32N2OS2. The van der Waals surface area contributed by atoms with Gasteiger partial charge in [0.2, 0.25) is 0 Å². The van der Waals surface area contributed by atoms with Crippen LogP contribution in [0.4, 0.5) is 11.4 Å². The minimum Gasteiger partial charge on any atom is -0.334 e. The lowest BCUT2D eigenvalue weighted by Crippen LogP contribution is -2.21. The Morgan fingerprint density at radius 3 is 1.55 bits per heavy atom. The number of benzene rings is 4. The fourth-order valence-corrected chi connectivity index (χ4v) is 7.62. The summed E-state index contributed by atoms with van der Waals surface area (Å²) in [6, 6.07) is 25.9. The third kappa shape index (κ3) is 4.63. The molecule has 0 atom stereocenters. The van der Waals surface area contributed by atoms with Gasteiger partial charge >= 0.3 is 0 Å². The maximum absolute atomic E-state index is 13.6. The summed E-state index contributed by atoms with van der Waals surface area (Å²) in [7, 11) is 0. The fraction of sp³-hybridized carbons (Fsp3) is 0.242. The van der Waals surface area contributed by atoms with E-state index < -0.39 is 0 Å². The van der Waals surface area contributed by atoms with Gasteiger partial charge in [0.05, 0.1) is 21.4 Å². The molecule has 0 bridgehead atoms.